The van der Waals surface area contributed by atoms with E-state index in [-0.39, 0.29) is 12.5 Å². The first-order valence-electron chi connectivity index (χ1n) is 6.32. The molecule has 0 saturated carbocycles. The van der Waals surface area contributed by atoms with Crippen molar-refractivity contribution in [1.82, 2.24) is 0 Å². The van der Waals surface area contributed by atoms with Gasteiger partial charge in [-0.15, -0.1) is 0 Å². The highest BCUT2D eigenvalue weighted by Gasteiger charge is 2.18. The van der Waals surface area contributed by atoms with E-state index >= 15 is 0 Å². The van der Waals surface area contributed by atoms with Crippen molar-refractivity contribution >= 4 is 33.2 Å². The molecule has 2 aromatic rings. The summed E-state index contributed by atoms with van der Waals surface area (Å²) in [6.45, 7) is 0.0679. The van der Waals surface area contributed by atoms with Crippen LogP contribution in [0.4, 0.5) is 5.69 Å². The molecule has 5 heteroatoms. The molecule has 0 unspecified atom stereocenters. The summed E-state index contributed by atoms with van der Waals surface area (Å²) in [7, 11) is 0. The normalized spacial score (nSPS) is 13.5. The highest BCUT2D eigenvalue weighted by molar-refractivity contribution is 9.10. The number of rotatable bonds is 1. The summed E-state index contributed by atoms with van der Waals surface area (Å²) in [5.74, 6) is -0.148. The van der Waals surface area contributed by atoms with Gasteiger partial charge in [0.2, 0.25) is 5.91 Å². The van der Waals surface area contributed by atoms with Crippen LogP contribution < -0.4 is 5.32 Å². The molecule has 0 radical (unpaired) electrons. The van der Waals surface area contributed by atoms with Gasteiger partial charge in [-0.1, -0.05) is 28.1 Å². The fourth-order valence-corrected chi connectivity index (χ4v) is 2.59. The number of carbonyl (C=O) groups is 1. The van der Waals surface area contributed by atoms with Gasteiger partial charge in [-0.25, -0.2) is 0 Å². The van der Waals surface area contributed by atoms with Gasteiger partial charge in [-0.3, -0.25) is 9.79 Å². The smallest absolute Gasteiger partial charge is 0.246 e. The quantitative estimate of drug-likeness (QED) is 0.867. The van der Waals surface area contributed by atoms with Crippen LogP contribution in [-0.2, 0) is 4.79 Å². The van der Waals surface area contributed by atoms with Crippen LogP contribution >= 0.6 is 15.9 Å². The van der Waals surface area contributed by atoms with Gasteiger partial charge in [0.25, 0.3) is 0 Å². The van der Waals surface area contributed by atoms with E-state index in [1.54, 1.807) is 12.1 Å². The first kappa shape index (κ1) is 13.5. The second kappa shape index (κ2) is 5.51. The third-order valence-electron chi connectivity index (χ3n) is 3.16. The van der Waals surface area contributed by atoms with E-state index in [0.29, 0.717) is 11.3 Å². The zero-order valence-electron chi connectivity index (χ0n) is 10.9. The molecule has 102 valence electrons. The zero-order chi connectivity index (χ0) is 14.8. The van der Waals surface area contributed by atoms with Gasteiger partial charge in [-0.05, 0) is 30.3 Å². The number of hydrogen-bond donors (Lipinski definition) is 1. The molecule has 1 aliphatic rings. The van der Waals surface area contributed by atoms with Crippen molar-refractivity contribution in [2.45, 2.75) is 0 Å². The molecular weight excluding hydrogens is 330 g/mol. The Bertz CT molecular complexity index is 805. The maximum Gasteiger partial charge on any atom is 0.246 e. The van der Waals surface area contributed by atoms with E-state index in [4.69, 9.17) is 5.26 Å². The predicted octanol–water partition coefficient (Wildman–Crippen LogP) is 3.11. The number of carbonyl (C=O) groups excluding carboxylic acids is 1. The maximum atomic E-state index is 11.7. The van der Waals surface area contributed by atoms with Crippen molar-refractivity contribution in [2.75, 3.05) is 11.9 Å². The number of nitrogens with one attached hydrogen (secondary N) is 1. The average molecular weight is 340 g/mol. The van der Waals surface area contributed by atoms with E-state index < -0.39 is 0 Å². The highest BCUT2D eigenvalue weighted by atomic mass is 79.9. The minimum Gasteiger partial charge on any atom is -0.324 e. The third-order valence-corrected chi connectivity index (χ3v) is 3.65. The molecule has 0 saturated heterocycles. The van der Waals surface area contributed by atoms with Crippen molar-refractivity contribution in [1.29, 1.82) is 5.26 Å². The largest absolute Gasteiger partial charge is 0.324 e. The highest BCUT2D eigenvalue weighted by Crippen LogP contribution is 2.26. The van der Waals surface area contributed by atoms with Crippen molar-refractivity contribution in [2.24, 2.45) is 4.99 Å². The monoisotopic (exact) mass is 339 g/mol. The lowest BCUT2D eigenvalue weighted by atomic mass is 9.99. The molecule has 0 aliphatic carbocycles. The molecule has 0 fully saturated rings. The molecular formula is C16H10BrN3O. The minimum atomic E-state index is -0.148. The Morgan fingerprint density at radius 3 is 2.90 bits per heavy atom. The topological polar surface area (TPSA) is 65.2 Å². The molecule has 0 aromatic heterocycles. The number of nitriles is 1. The van der Waals surface area contributed by atoms with Crippen LogP contribution in [0.25, 0.3) is 0 Å². The van der Waals surface area contributed by atoms with Crippen molar-refractivity contribution in [3.05, 3.63) is 63.6 Å². The number of amides is 1. The molecule has 3 rings (SSSR count). The Balaban J connectivity index is 2.20. The number of aliphatic imine (C=N–C) groups is 1. The van der Waals surface area contributed by atoms with Gasteiger partial charge in [0.15, 0.2) is 0 Å². The van der Waals surface area contributed by atoms with Crippen molar-refractivity contribution < 1.29 is 4.79 Å². The molecule has 0 atom stereocenters. The predicted molar refractivity (Wildman–Crippen MR) is 84.4 cm³/mol. The summed E-state index contributed by atoms with van der Waals surface area (Å²) in [6, 6.07) is 15.0. The minimum absolute atomic E-state index is 0.0679. The molecule has 1 N–H and O–H groups in total. The molecule has 0 bridgehead atoms. The Labute approximate surface area is 130 Å². The summed E-state index contributed by atoms with van der Waals surface area (Å²) in [5, 5.41) is 11.9. The van der Waals surface area contributed by atoms with E-state index in [1.807, 2.05) is 30.3 Å². The number of halogens is 1. The van der Waals surface area contributed by atoms with E-state index in [2.05, 4.69) is 32.3 Å². The van der Waals surface area contributed by atoms with E-state index in [0.717, 1.165) is 21.3 Å². The van der Waals surface area contributed by atoms with Crippen LogP contribution in [0.5, 0.6) is 0 Å². The Morgan fingerprint density at radius 2 is 2.10 bits per heavy atom. The van der Waals surface area contributed by atoms with Gasteiger partial charge in [0.1, 0.15) is 6.54 Å². The lowest BCUT2D eigenvalue weighted by Crippen LogP contribution is -2.13. The Kier molecular flexibility index (Phi) is 3.55. The fourth-order valence-electron chi connectivity index (χ4n) is 2.23. The first-order chi connectivity index (χ1) is 10.2. The van der Waals surface area contributed by atoms with Gasteiger partial charge < -0.3 is 5.32 Å². The van der Waals surface area contributed by atoms with Crippen LogP contribution in [0.1, 0.15) is 16.7 Å². The SMILES string of the molecule is N#Cc1cccc(C2=NCC(=O)Nc3ccc(Br)cc32)c1. The fraction of sp³-hybridized carbons (Fsp3) is 0.0625. The first-order valence-corrected chi connectivity index (χ1v) is 7.11. The van der Waals surface area contributed by atoms with Crippen LogP contribution in [-0.4, -0.2) is 18.2 Å². The molecule has 4 nitrogen and oxygen atoms in total. The summed E-state index contributed by atoms with van der Waals surface area (Å²) >= 11 is 3.44. The van der Waals surface area contributed by atoms with Crippen molar-refractivity contribution in [3.8, 4) is 6.07 Å². The third kappa shape index (κ3) is 2.71. The van der Waals surface area contributed by atoms with Crippen molar-refractivity contribution in [3.63, 3.8) is 0 Å². The summed E-state index contributed by atoms with van der Waals surface area (Å²) < 4.78 is 0.904. The average Bonchev–Trinajstić information content (AvgIpc) is 2.65. The number of hydrogen-bond acceptors (Lipinski definition) is 3. The second-order valence-corrected chi connectivity index (χ2v) is 5.51. The number of anilines is 1. The number of benzodiazepines with no additional fused rings is 1. The number of nitrogens with zero attached hydrogens (tertiary/aromatic N) is 2. The van der Waals surface area contributed by atoms with Crippen LogP contribution in [0.2, 0.25) is 0 Å². The standard InChI is InChI=1S/C16H10BrN3O/c17-12-4-5-14-13(7-12)16(19-9-15(21)20-14)11-3-1-2-10(6-11)8-18/h1-7H,9H2,(H,20,21). The second-order valence-electron chi connectivity index (χ2n) is 4.60. The van der Waals surface area contributed by atoms with Gasteiger partial charge in [0.05, 0.1) is 23.0 Å². The van der Waals surface area contributed by atoms with Crippen LogP contribution in [0, 0.1) is 11.3 Å². The molecule has 21 heavy (non-hydrogen) atoms. The van der Waals surface area contributed by atoms with Gasteiger partial charge in [-0.2, -0.15) is 5.26 Å². The molecule has 0 spiro atoms. The molecule has 1 heterocycles. The zero-order valence-corrected chi connectivity index (χ0v) is 12.5. The molecule has 1 aliphatic heterocycles. The summed E-state index contributed by atoms with van der Waals surface area (Å²) in [4.78, 5) is 16.2. The van der Waals surface area contributed by atoms with Gasteiger partial charge >= 0.3 is 0 Å². The number of benzene rings is 2. The lowest BCUT2D eigenvalue weighted by molar-refractivity contribution is -0.114. The molecule has 1 amide bonds. The summed E-state index contributed by atoms with van der Waals surface area (Å²) in [6.07, 6.45) is 0. The van der Waals surface area contributed by atoms with Crippen LogP contribution in [0.3, 0.4) is 0 Å². The van der Waals surface area contributed by atoms with E-state index in [9.17, 15) is 4.79 Å². The lowest BCUT2D eigenvalue weighted by Gasteiger charge is -2.10. The summed E-state index contributed by atoms with van der Waals surface area (Å²) in [5.41, 5.74) is 3.66. The Morgan fingerprint density at radius 1 is 1.24 bits per heavy atom. The van der Waals surface area contributed by atoms with Gasteiger partial charge in [0, 0.05) is 15.6 Å². The maximum absolute atomic E-state index is 11.7. The van der Waals surface area contributed by atoms with E-state index in [1.165, 1.54) is 0 Å². The number of fused-ring (bicyclic) bond motifs is 1. The Hall–Kier alpha value is -2.45. The van der Waals surface area contributed by atoms with Crippen LogP contribution in [0.15, 0.2) is 51.9 Å². The molecule has 2 aromatic carbocycles.